The van der Waals surface area contributed by atoms with E-state index >= 15 is 0 Å². The third-order valence-corrected chi connectivity index (χ3v) is 5.83. The number of benzene rings is 2. The molecule has 174 valence electrons. The fourth-order valence-corrected chi connectivity index (χ4v) is 3.69. The Balaban J connectivity index is 2.10. The van der Waals surface area contributed by atoms with E-state index in [0.717, 1.165) is 29.7 Å². The van der Waals surface area contributed by atoms with Gasteiger partial charge in [0.15, 0.2) is 0 Å². The highest BCUT2D eigenvalue weighted by molar-refractivity contribution is 5.86. The van der Waals surface area contributed by atoms with Crippen molar-refractivity contribution >= 4 is 11.7 Å². The first-order valence-corrected chi connectivity index (χ1v) is 11.7. The Morgan fingerprint density at radius 2 is 1.62 bits per heavy atom. The van der Waals surface area contributed by atoms with E-state index in [1.807, 2.05) is 61.5 Å². The zero-order chi connectivity index (χ0) is 23.5. The van der Waals surface area contributed by atoms with Gasteiger partial charge in [0.25, 0.3) is 0 Å². The van der Waals surface area contributed by atoms with Crippen LogP contribution in [0.5, 0.6) is 5.75 Å². The fraction of sp³-hybridized carbons (Fsp3) is 0.481. The van der Waals surface area contributed by atoms with Crippen molar-refractivity contribution in [2.75, 3.05) is 13.2 Å². The minimum atomic E-state index is -0.588. The van der Waals surface area contributed by atoms with Gasteiger partial charge in [-0.3, -0.25) is 9.59 Å². The molecule has 0 heterocycles. The standard InChI is InChI=1S/C27H38N2O3/c1-5-9-19(2)18-32-25-14-12-23(13-15-25)24(17-29-27(31)21(4)28)16-26(30)20(3)22-10-7-6-8-11-22/h6-8,10-15,19-21,24H,5,9,16-18,28H2,1-4H3,(H,29,31)/t19?,20-,21+,24-/m0/s1. The van der Waals surface area contributed by atoms with Crippen LogP contribution in [-0.4, -0.2) is 30.9 Å². The van der Waals surface area contributed by atoms with E-state index in [4.69, 9.17) is 10.5 Å². The van der Waals surface area contributed by atoms with Crippen LogP contribution in [0, 0.1) is 5.92 Å². The second-order valence-electron chi connectivity index (χ2n) is 8.81. The topological polar surface area (TPSA) is 81.4 Å². The Kier molecular flexibility index (Phi) is 10.4. The maximum absolute atomic E-state index is 13.0. The van der Waals surface area contributed by atoms with Crippen LogP contribution in [-0.2, 0) is 9.59 Å². The number of ether oxygens (including phenoxy) is 1. The number of hydrogen-bond acceptors (Lipinski definition) is 4. The van der Waals surface area contributed by atoms with Crippen LogP contribution in [0.25, 0.3) is 0 Å². The van der Waals surface area contributed by atoms with Crippen molar-refractivity contribution in [2.45, 2.75) is 64.8 Å². The van der Waals surface area contributed by atoms with Crippen molar-refractivity contribution in [2.24, 2.45) is 11.7 Å². The summed E-state index contributed by atoms with van der Waals surface area (Å²) in [6.07, 6.45) is 2.62. The number of amides is 1. The molecule has 2 aromatic rings. The van der Waals surface area contributed by atoms with Crippen LogP contribution >= 0.6 is 0 Å². The minimum absolute atomic E-state index is 0.135. The van der Waals surface area contributed by atoms with Crippen molar-refractivity contribution in [3.8, 4) is 5.75 Å². The van der Waals surface area contributed by atoms with Crippen LogP contribution in [0.4, 0.5) is 0 Å². The highest BCUT2D eigenvalue weighted by Gasteiger charge is 2.22. The maximum atomic E-state index is 13.0. The molecule has 0 fully saturated rings. The van der Waals surface area contributed by atoms with Gasteiger partial charge < -0.3 is 15.8 Å². The summed E-state index contributed by atoms with van der Waals surface area (Å²) in [6, 6.07) is 17.1. The molecule has 1 unspecified atom stereocenters. The monoisotopic (exact) mass is 438 g/mol. The second kappa shape index (κ2) is 13.0. The summed E-state index contributed by atoms with van der Waals surface area (Å²) < 4.78 is 5.91. The number of ketones is 1. The first-order chi connectivity index (χ1) is 15.3. The molecule has 5 heteroatoms. The molecular formula is C27H38N2O3. The normalized spacial score (nSPS) is 14.8. The molecule has 0 spiro atoms. The molecule has 0 aliphatic rings. The summed E-state index contributed by atoms with van der Waals surface area (Å²) in [7, 11) is 0. The van der Waals surface area contributed by atoms with Gasteiger partial charge in [-0.1, -0.05) is 69.7 Å². The van der Waals surface area contributed by atoms with E-state index in [1.54, 1.807) is 6.92 Å². The number of rotatable bonds is 13. The van der Waals surface area contributed by atoms with Crippen LogP contribution in [0.1, 0.15) is 69.9 Å². The Morgan fingerprint density at radius 3 is 2.22 bits per heavy atom. The smallest absolute Gasteiger partial charge is 0.236 e. The van der Waals surface area contributed by atoms with Gasteiger partial charge in [0, 0.05) is 24.8 Å². The average Bonchev–Trinajstić information content (AvgIpc) is 2.80. The number of carbonyl (C=O) groups excluding carboxylic acids is 2. The van der Waals surface area contributed by atoms with E-state index in [1.165, 1.54) is 0 Å². The zero-order valence-corrected chi connectivity index (χ0v) is 19.8. The average molecular weight is 439 g/mol. The molecule has 0 radical (unpaired) electrons. The van der Waals surface area contributed by atoms with Crippen molar-refractivity contribution < 1.29 is 14.3 Å². The van der Waals surface area contributed by atoms with Crippen LogP contribution in [0.15, 0.2) is 54.6 Å². The number of hydrogen-bond donors (Lipinski definition) is 2. The lowest BCUT2D eigenvalue weighted by Crippen LogP contribution is -2.40. The van der Waals surface area contributed by atoms with Crippen LogP contribution in [0.2, 0.25) is 0 Å². The maximum Gasteiger partial charge on any atom is 0.236 e. The van der Waals surface area contributed by atoms with Crippen molar-refractivity contribution in [3.63, 3.8) is 0 Å². The summed E-state index contributed by atoms with van der Waals surface area (Å²) in [5.74, 6) is 0.917. The molecule has 0 aromatic heterocycles. The molecule has 0 bridgehead atoms. The molecule has 4 atom stereocenters. The largest absolute Gasteiger partial charge is 0.493 e. The summed E-state index contributed by atoms with van der Waals surface area (Å²) in [6.45, 7) is 9.00. The van der Waals surface area contributed by atoms with Gasteiger partial charge in [-0.2, -0.15) is 0 Å². The molecular weight excluding hydrogens is 400 g/mol. The molecule has 0 saturated heterocycles. The van der Waals surface area contributed by atoms with Gasteiger partial charge in [-0.25, -0.2) is 0 Å². The van der Waals surface area contributed by atoms with E-state index in [0.29, 0.717) is 25.5 Å². The quantitative estimate of drug-likeness (QED) is 0.470. The fourth-order valence-electron chi connectivity index (χ4n) is 3.69. The predicted octanol–water partition coefficient (Wildman–Crippen LogP) is 4.81. The van der Waals surface area contributed by atoms with Crippen LogP contribution in [0.3, 0.4) is 0 Å². The van der Waals surface area contributed by atoms with E-state index in [9.17, 15) is 9.59 Å². The number of carbonyl (C=O) groups is 2. The van der Waals surface area contributed by atoms with Gasteiger partial charge in [0.05, 0.1) is 12.6 Å². The Hall–Kier alpha value is -2.66. The van der Waals surface area contributed by atoms with Crippen LogP contribution < -0.4 is 15.8 Å². The summed E-state index contributed by atoms with van der Waals surface area (Å²) in [5, 5.41) is 2.89. The molecule has 1 amide bonds. The first-order valence-electron chi connectivity index (χ1n) is 11.7. The SMILES string of the molecule is CCCC(C)COc1ccc([C@H](CNC(=O)[C@@H](C)N)CC(=O)[C@@H](C)c2ccccc2)cc1. The van der Waals surface area contributed by atoms with Crippen molar-refractivity contribution in [3.05, 3.63) is 65.7 Å². The Labute approximate surface area is 192 Å². The van der Waals surface area contributed by atoms with Gasteiger partial charge >= 0.3 is 0 Å². The molecule has 5 nitrogen and oxygen atoms in total. The molecule has 3 N–H and O–H groups in total. The zero-order valence-electron chi connectivity index (χ0n) is 19.8. The molecule has 2 aromatic carbocycles. The van der Waals surface area contributed by atoms with E-state index in [-0.39, 0.29) is 23.5 Å². The number of nitrogens with one attached hydrogen (secondary N) is 1. The number of nitrogens with two attached hydrogens (primary N) is 1. The highest BCUT2D eigenvalue weighted by Crippen LogP contribution is 2.27. The lowest BCUT2D eigenvalue weighted by molar-refractivity contribution is -0.123. The predicted molar refractivity (Wildman–Crippen MR) is 130 cm³/mol. The van der Waals surface area contributed by atoms with Gasteiger partial charge in [-0.05, 0) is 42.5 Å². The van der Waals surface area contributed by atoms with Crippen molar-refractivity contribution in [1.82, 2.24) is 5.32 Å². The third kappa shape index (κ3) is 8.12. The molecule has 2 rings (SSSR count). The molecule has 0 saturated carbocycles. The van der Waals surface area contributed by atoms with Crippen molar-refractivity contribution in [1.29, 1.82) is 0 Å². The number of Topliss-reactive ketones (excluding diaryl/α,β-unsaturated/α-hetero) is 1. The summed E-state index contributed by atoms with van der Waals surface area (Å²) in [5.41, 5.74) is 7.69. The lowest BCUT2D eigenvalue weighted by Gasteiger charge is -2.21. The Morgan fingerprint density at radius 1 is 0.969 bits per heavy atom. The summed E-state index contributed by atoms with van der Waals surface area (Å²) >= 11 is 0. The van der Waals surface area contributed by atoms with E-state index < -0.39 is 6.04 Å². The minimum Gasteiger partial charge on any atom is -0.493 e. The third-order valence-electron chi connectivity index (χ3n) is 5.83. The Bertz CT molecular complexity index is 834. The van der Waals surface area contributed by atoms with Gasteiger partial charge in [0.1, 0.15) is 11.5 Å². The van der Waals surface area contributed by atoms with Gasteiger partial charge in [-0.15, -0.1) is 0 Å². The van der Waals surface area contributed by atoms with E-state index in [2.05, 4.69) is 19.2 Å². The second-order valence-corrected chi connectivity index (χ2v) is 8.81. The van der Waals surface area contributed by atoms with Gasteiger partial charge in [0.2, 0.25) is 5.91 Å². The molecule has 32 heavy (non-hydrogen) atoms. The summed E-state index contributed by atoms with van der Waals surface area (Å²) in [4.78, 5) is 25.1. The molecule has 0 aliphatic carbocycles. The highest BCUT2D eigenvalue weighted by atomic mass is 16.5. The molecule has 0 aliphatic heterocycles. The first kappa shape index (κ1) is 25.6. The lowest BCUT2D eigenvalue weighted by atomic mass is 9.87.